The van der Waals surface area contributed by atoms with Crippen molar-refractivity contribution in [3.8, 4) is 11.5 Å². The molecular formula is C29H27BrIN5O5. The molecule has 10 nitrogen and oxygen atoms in total. The normalized spacial score (nSPS) is 11.6. The van der Waals surface area contributed by atoms with Gasteiger partial charge in [-0.05, 0) is 63.5 Å². The molecule has 0 bridgehead atoms. The molecule has 4 aromatic rings. The van der Waals surface area contributed by atoms with E-state index in [1.165, 1.54) is 12.5 Å². The second-order valence-corrected chi connectivity index (χ2v) is 10.8. The number of alkyl carbamates (subject to hydrolysis) is 1. The number of nitrogens with one attached hydrogen (secondary N) is 3. The van der Waals surface area contributed by atoms with E-state index in [1.807, 2.05) is 60.7 Å². The Labute approximate surface area is 259 Å². The van der Waals surface area contributed by atoms with E-state index in [4.69, 9.17) is 14.2 Å². The zero-order chi connectivity index (χ0) is 29.0. The van der Waals surface area contributed by atoms with Crippen molar-refractivity contribution in [1.29, 1.82) is 0 Å². The summed E-state index contributed by atoms with van der Waals surface area (Å²) in [5, 5.41) is 6.70. The summed E-state index contributed by atoms with van der Waals surface area (Å²) in [6.45, 7) is 0.453. The first-order valence-corrected chi connectivity index (χ1v) is 14.3. The number of rotatable bonds is 12. The number of ether oxygens (including phenoxy) is 3. The molecule has 1 atom stereocenters. The number of hydrogen-bond acceptors (Lipinski definition) is 7. The fraction of sp³-hybridized carbons (Fsp3) is 0.172. The summed E-state index contributed by atoms with van der Waals surface area (Å²) in [7, 11) is 1.56. The van der Waals surface area contributed by atoms with E-state index in [9.17, 15) is 9.59 Å². The van der Waals surface area contributed by atoms with Crippen LogP contribution in [0, 0.1) is 3.57 Å². The number of hydrogen-bond donors (Lipinski definition) is 3. The van der Waals surface area contributed by atoms with Gasteiger partial charge in [0, 0.05) is 22.8 Å². The smallest absolute Gasteiger partial charge is 0.408 e. The maximum Gasteiger partial charge on any atom is 0.408 e. The number of imidazole rings is 1. The fourth-order valence-electron chi connectivity index (χ4n) is 3.67. The van der Waals surface area contributed by atoms with Crippen LogP contribution in [-0.4, -0.2) is 41.3 Å². The predicted octanol–water partition coefficient (Wildman–Crippen LogP) is 5.35. The van der Waals surface area contributed by atoms with Gasteiger partial charge in [-0.15, -0.1) is 0 Å². The van der Waals surface area contributed by atoms with Crippen LogP contribution in [-0.2, 0) is 29.2 Å². The number of aromatic amines is 1. The summed E-state index contributed by atoms with van der Waals surface area (Å²) < 4.78 is 18.7. The van der Waals surface area contributed by atoms with E-state index < -0.39 is 18.0 Å². The number of carbonyl (C=O) groups excluding carboxylic acids is 2. The quantitative estimate of drug-likeness (QED) is 0.103. The van der Waals surface area contributed by atoms with Crippen molar-refractivity contribution in [3.05, 3.63) is 110 Å². The first-order valence-electron chi connectivity index (χ1n) is 12.4. The Morgan fingerprint density at radius 3 is 2.56 bits per heavy atom. The molecule has 1 aromatic heterocycles. The Morgan fingerprint density at radius 1 is 1.10 bits per heavy atom. The molecule has 2 amide bonds. The monoisotopic (exact) mass is 731 g/mol. The summed E-state index contributed by atoms with van der Waals surface area (Å²) in [6, 6.07) is 19.8. The number of halogens is 2. The van der Waals surface area contributed by atoms with Crippen molar-refractivity contribution in [2.75, 3.05) is 7.11 Å². The van der Waals surface area contributed by atoms with Crippen molar-refractivity contribution in [2.24, 2.45) is 5.10 Å². The average Bonchev–Trinajstić information content (AvgIpc) is 3.49. The molecule has 0 radical (unpaired) electrons. The van der Waals surface area contributed by atoms with Gasteiger partial charge in [0.2, 0.25) is 0 Å². The summed E-state index contributed by atoms with van der Waals surface area (Å²) in [4.78, 5) is 32.3. The van der Waals surface area contributed by atoms with Crippen molar-refractivity contribution in [1.82, 2.24) is 20.7 Å². The molecule has 0 fully saturated rings. The van der Waals surface area contributed by atoms with Gasteiger partial charge in [0.15, 0.2) is 11.5 Å². The summed E-state index contributed by atoms with van der Waals surface area (Å²) in [5.41, 5.74) is 5.68. The predicted molar refractivity (Wildman–Crippen MR) is 166 cm³/mol. The van der Waals surface area contributed by atoms with Gasteiger partial charge in [-0.1, -0.05) is 58.4 Å². The lowest BCUT2D eigenvalue weighted by Crippen LogP contribution is -2.47. The minimum Gasteiger partial charge on any atom is -0.493 e. The van der Waals surface area contributed by atoms with Gasteiger partial charge < -0.3 is 24.5 Å². The number of nitrogens with zero attached hydrogens (tertiary/aromatic N) is 2. The minimum atomic E-state index is -0.958. The lowest BCUT2D eigenvalue weighted by Gasteiger charge is -2.16. The maximum absolute atomic E-state index is 13.0. The minimum absolute atomic E-state index is 0.0759. The largest absolute Gasteiger partial charge is 0.493 e. The van der Waals surface area contributed by atoms with Crippen LogP contribution in [0.25, 0.3) is 0 Å². The van der Waals surface area contributed by atoms with Gasteiger partial charge in [-0.2, -0.15) is 5.10 Å². The molecule has 41 heavy (non-hydrogen) atoms. The van der Waals surface area contributed by atoms with Gasteiger partial charge in [-0.3, -0.25) is 4.79 Å². The molecule has 0 saturated carbocycles. The van der Waals surface area contributed by atoms with Crippen LogP contribution in [0.3, 0.4) is 0 Å². The number of benzene rings is 3. The fourth-order valence-corrected chi connectivity index (χ4v) is 4.72. The summed E-state index contributed by atoms with van der Waals surface area (Å²) in [5.74, 6) is 0.611. The van der Waals surface area contributed by atoms with Gasteiger partial charge in [0.05, 0.1) is 23.2 Å². The van der Waals surface area contributed by atoms with E-state index in [0.717, 1.165) is 19.2 Å². The van der Waals surface area contributed by atoms with Crippen LogP contribution in [0.4, 0.5) is 4.79 Å². The third-order valence-corrected chi connectivity index (χ3v) is 7.07. The van der Waals surface area contributed by atoms with Crippen molar-refractivity contribution in [3.63, 3.8) is 0 Å². The lowest BCUT2D eigenvalue weighted by atomic mass is 10.1. The first kappa shape index (κ1) is 30.1. The number of aromatic nitrogens is 2. The molecule has 4 rings (SSSR count). The molecule has 3 aromatic carbocycles. The molecule has 212 valence electrons. The first-order chi connectivity index (χ1) is 19.9. The molecule has 1 heterocycles. The van der Waals surface area contributed by atoms with Gasteiger partial charge in [0.1, 0.15) is 19.3 Å². The molecule has 0 saturated heterocycles. The second kappa shape index (κ2) is 15.2. The van der Waals surface area contributed by atoms with Crippen LogP contribution in [0.5, 0.6) is 11.5 Å². The Kier molecular flexibility index (Phi) is 11.1. The van der Waals surface area contributed by atoms with E-state index in [1.54, 1.807) is 19.4 Å². The van der Waals surface area contributed by atoms with E-state index >= 15 is 0 Å². The van der Waals surface area contributed by atoms with Crippen molar-refractivity contribution < 1.29 is 23.8 Å². The Morgan fingerprint density at radius 2 is 1.85 bits per heavy atom. The molecule has 0 aliphatic heterocycles. The third-order valence-electron chi connectivity index (χ3n) is 5.74. The second-order valence-electron chi connectivity index (χ2n) is 8.72. The standard InChI is InChI=1S/C29H27BrIN5O5/c1-39-26-12-21(11-24(31)27(26)40-16-20-7-9-22(30)10-8-20)14-34-36-28(37)25(13-23-15-32-18-33-23)35-29(38)41-17-19-5-3-2-4-6-19/h2-12,14-15,18,25H,13,16-17H2,1H3,(H,32,33)(H,35,38)(H,36,37)/b34-14-/t25-/m0/s1. The molecule has 0 unspecified atom stereocenters. The topological polar surface area (TPSA) is 127 Å². The van der Waals surface area contributed by atoms with Crippen molar-refractivity contribution >= 4 is 56.7 Å². The summed E-state index contributed by atoms with van der Waals surface area (Å²) in [6.07, 6.45) is 4.00. The van der Waals surface area contributed by atoms with Crippen LogP contribution >= 0.6 is 38.5 Å². The Hall–Kier alpha value is -3.91. The van der Waals surface area contributed by atoms with E-state index in [-0.39, 0.29) is 13.0 Å². The molecule has 12 heteroatoms. The lowest BCUT2D eigenvalue weighted by molar-refractivity contribution is -0.123. The van der Waals surface area contributed by atoms with Crippen LogP contribution in [0.15, 0.2) is 88.8 Å². The highest BCUT2D eigenvalue weighted by molar-refractivity contribution is 14.1. The number of carbonyl (C=O) groups is 2. The van der Waals surface area contributed by atoms with Crippen molar-refractivity contribution in [2.45, 2.75) is 25.7 Å². The SMILES string of the molecule is COc1cc(/C=N\NC(=O)[C@H](Cc2cnc[nH]2)NC(=O)OCc2ccccc2)cc(I)c1OCc1ccc(Br)cc1. The molecule has 0 aliphatic rings. The number of amides is 2. The van der Waals surface area contributed by atoms with Crippen LogP contribution < -0.4 is 20.2 Å². The number of hydrazone groups is 1. The Bertz CT molecular complexity index is 1470. The van der Waals surface area contributed by atoms with Crippen LogP contribution in [0.2, 0.25) is 0 Å². The Balaban J connectivity index is 1.38. The third kappa shape index (κ3) is 9.32. The maximum atomic E-state index is 13.0. The van der Waals surface area contributed by atoms with Gasteiger partial charge in [0.25, 0.3) is 5.91 Å². The van der Waals surface area contributed by atoms with Gasteiger partial charge in [-0.25, -0.2) is 15.2 Å². The highest BCUT2D eigenvalue weighted by atomic mass is 127. The molecule has 3 N–H and O–H groups in total. The van der Waals surface area contributed by atoms with Gasteiger partial charge >= 0.3 is 6.09 Å². The molecule has 0 spiro atoms. The highest BCUT2D eigenvalue weighted by Crippen LogP contribution is 2.34. The molecule has 0 aliphatic carbocycles. The zero-order valence-corrected chi connectivity index (χ0v) is 25.7. The van der Waals surface area contributed by atoms with Crippen LogP contribution in [0.1, 0.15) is 22.4 Å². The zero-order valence-electron chi connectivity index (χ0n) is 22.0. The number of methoxy groups -OCH3 is 1. The number of H-pyrrole nitrogens is 1. The highest BCUT2D eigenvalue weighted by Gasteiger charge is 2.22. The van der Waals surface area contributed by atoms with E-state index in [0.29, 0.717) is 29.4 Å². The summed E-state index contributed by atoms with van der Waals surface area (Å²) >= 11 is 5.59. The van der Waals surface area contributed by atoms with E-state index in [2.05, 4.69) is 64.3 Å². The average molecular weight is 732 g/mol. The molecular weight excluding hydrogens is 705 g/mol.